The number of aliphatic hydroxyl groups is 1. The standard InChI is InChI=1S/C13H23NO/c15-11-13(8-4-5-9-13)10-14-12-6-2-1-3-7-12/h2,6,12,14-15H,1,3-5,7-11H2. The average molecular weight is 209 g/mol. The summed E-state index contributed by atoms with van der Waals surface area (Å²) in [6, 6.07) is 0.558. The van der Waals surface area contributed by atoms with Crippen molar-refractivity contribution in [3.8, 4) is 0 Å². The van der Waals surface area contributed by atoms with Gasteiger partial charge < -0.3 is 10.4 Å². The van der Waals surface area contributed by atoms with E-state index in [2.05, 4.69) is 17.5 Å². The van der Waals surface area contributed by atoms with E-state index in [1.165, 1.54) is 44.9 Å². The quantitative estimate of drug-likeness (QED) is 0.696. The van der Waals surface area contributed by atoms with Crippen LogP contribution in [0.4, 0.5) is 0 Å². The third kappa shape index (κ3) is 2.82. The van der Waals surface area contributed by atoms with Gasteiger partial charge in [0.25, 0.3) is 0 Å². The summed E-state index contributed by atoms with van der Waals surface area (Å²) < 4.78 is 0. The van der Waals surface area contributed by atoms with Crippen LogP contribution in [0, 0.1) is 5.41 Å². The number of hydrogen-bond acceptors (Lipinski definition) is 2. The van der Waals surface area contributed by atoms with E-state index in [0.29, 0.717) is 12.6 Å². The monoisotopic (exact) mass is 209 g/mol. The molecule has 0 aromatic heterocycles. The molecule has 2 aliphatic rings. The number of rotatable bonds is 4. The normalized spacial score (nSPS) is 29.5. The first-order chi connectivity index (χ1) is 7.35. The van der Waals surface area contributed by atoms with Crippen LogP contribution in [0.25, 0.3) is 0 Å². The maximum atomic E-state index is 9.49. The first-order valence-corrected chi connectivity index (χ1v) is 6.36. The second kappa shape index (κ2) is 5.13. The van der Waals surface area contributed by atoms with Gasteiger partial charge in [0, 0.05) is 24.6 Å². The summed E-state index contributed by atoms with van der Waals surface area (Å²) in [5, 5.41) is 13.1. The van der Waals surface area contributed by atoms with Gasteiger partial charge in [-0.15, -0.1) is 0 Å². The van der Waals surface area contributed by atoms with Gasteiger partial charge in [-0.05, 0) is 32.1 Å². The molecule has 0 heterocycles. The third-order valence-electron chi connectivity index (χ3n) is 3.99. The Morgan fingerprint density at radius 3 is 2.67 bits per heavy atom. The van der Waals surface area contributed by atoms with E-state index < -0.39 is 0 Å². The van der Waals surface area contributed by atoms with Crippen LogP contribution < -0.4 is 5.32 Å². The highest BCUT2D eigenvalue weighted by molar-refractivity contribution is 4.99. The van der Waals surface area contributed by atoms with E-state index in [1.807, 2.05) is 0 Å². The summed E-state index contributed by atoms with van der Waals surface area (Å²) in [5.41, 5.74) is 0.200. The average Bonchev–Trinajstić information content (AvgIpc) is 2.77. The topological polar surface area (TPSA) is 32.3 Å². The molecule has 0 spiro atoms. The molecule has 2 N–H and O–H groups in total. The fourth-order valence-corrected chi connectivity index (χ4v) is 2.85. The molecule has 86 valence electrons. The van der Waals surface area contributed by atoms with Crippen molar-refractivity contribution in [1.29, 1.82) is 0 Å². The van der Waals surface area contributed by atoms with Crippen molar-refractivity contribution in [3.63, 3.8) is 0 Å². The Morgan fingerprint density at radius 1 is 1.27 bits per heavy atom. The molecule has 1 fully saturated rings. The van der Waals surface area contributed by atoms with Crippen LogP contribution in [-0.2, 0) is 0 Å². The number of aliphatic hydroxyl groups excluding tert-OH is 1. The molecular weight excluding hydrogens is 186 g/mol. The molecular formula is C13H23NO. The zero-order valence-corrected chi connectivity index (χ0v) is 9.54. The van der Waals surface area contributed by atoms with Gasteiger partial charge in [-0.25, -0.2) is 0 Å². The molecule has 0 aliphatic heterocycles. The minimum atomic E-state index is 0.200. The largest absolute Gasteiger partial charge is 0.396 e. The van der Waals surface area contributed by atoms with E-state index in [1.54, 1.807) is 0 Å². The summed E-state index contributed by atoms with van der Waals surface area (Å²) in [7, 11) is 0. The SMILES string of the molecule is OCC1(CNC2C=CCCC2)CCCC1. The van der Waals surface area contributed by atoms with Crippen molar-refractivity contribution in [2.45, 2.75) is 51.0 Å². The highest BCUT2D eigenvalue weighted by Crippen LogP contribution is 2.37. The minimum absolute atomic E-state index is 0.200. The van der Waals surface area contributed by atoms with Crippen LogP contribution in [0.5, 0.6) is 0 Å². The van der Waals surface area contributed by atoms with Gasteiger partial charge in [0.05, 0.1) is 0 Å². The molecule has 0 bridgehead atoms. The van der Waals surface area contributed by atoms with Gasteiger partial charge in [0.1, 0.15) is 0 Å². The molecule has 0 aromatic rings. The van der Waals surface area contributed by atoms with E-state index >= 15 is 0 Å². The minimum Gasteiger partial charge on any atom is -0.396 e. The van der Waals surface area contributed by atoms with E-state index in [-0.39, 0.29) is 5.41 Å². The predicted molar refractivity (Wildman–Crippen MR) is 62.8 cm³/mol. The third-order valence-corrected chi connectivity index (χ3v) is 3.99. The van der Waals surface area contributed by atoms with Crippen LogP contribution in [0.1, 0.15) is 44.9 Å². The Labute approximate surface area is 92.8 Å². The van der Waals surface area contributed by atoms with Gasteiger partial charge in [-0.2, -0.15) is 0 Å². The zero-order chi connectivity index (χ0) is 10.6. The van der Waals surface area contributed by atoms with E-state index in [4.69, 9.17) is 0 Å². The second-order valence-electron chi connectivity index (χ2n) is 5.21. The van der Waals surface area contributed by atoms with Crippen LogP contribution >= 0.6 is 0 Å². The molecule has 2 nitrogen and oxygen atoms in total. The number of allylic oxidation sites excluding steroid dienone is 1. The summed E-state index contributed by atoms with van der Waals surface area (Å²) in [5.74, 6) is 0. The molecule has 0 radical (unpaired) electrons. The first kappa shape index (κ1) is 11.2. The van der Waals surface area contributed by atoms with Crippen molar-refractivity contribution in [2.75, 3.05) is 13.2 Å². The number of hydrogen-bond donors (Lipinski definition) is 2. The molecule has 2 aliphatic carbocycles. The lowest BCUT2D eigenvalue weighted by molar-refractivity contribution is 0.126. The van der Waals surface area contributed by atoms with Crippen molar-refractivity contribution in [1.82, 2.24) is 5.32 Å². The maximum Gasteiger partial charge on any atom is 0.0499 e. The van der Waals surface area contributed by atoms with Crippen molar-refractivity contribution in [3.05, 3.63) is 12.2 Å². The van der Waals surface area contributed by atoms with Crippen LogP contribution in [0.2, 0.25) is 0 Å². The Bertz CT molecular complexity index is 219. The fraction of sp³-hybridized carbons (Fsp3) is 0.846. The van der Waals surface area contributed by atoms with Gasteiger partial charge in [0.15, 0.2) is 0 Å². The van der Waals surface area contributed by atoms with E-state index in [0.717, 1.165) is 6.54 Å². The van der Waals surface area contributed by atoms with Crippen molar-refractivity contribution >= 4 is 0 Å². The molecule has 1 atom stereocenters. The molecule has 2 rings (SSSR count). The van der Waals surface area contributed by atoms with Gasteiger partial charge in [-0.3, -0.25) is 0 Å². The van der Waals surface area contributed by atoms with Crippen molar-refractivity contribution < 1.29 is 5.11 Å². The van der Waals surface area contributed by atoms with Gasteiger partial charge in [0.2, 0.25) is 0 Å². The molecule has 0 saturated heterocycles. The Kier molecular flexibility index (Phi) is 3.81. The summed E-state index contributed by atoms with van der Waals surface area (Å²) in [6.07, 6.45) is 13.4. The Hall–Kier alpha value is -0.340. The van der Waals surface area contributed by atoms with Crippen LogP contribution in [0.15, 0.2) is 12.2 Å². The lowest BCUT2D eigenvalue weighted by Crippen LogP contribution is -2.40. The molecule has 1 saturated carbocycles. The highest BCUT2D eigenvalue weighted by Gasteiger charge is 2.33. The molecule has 0 amide bonds. The lowest BCUT2D eigenvalue weighted by Gasteiger charge is -2.29. The predicted octanol–water partition coefficient (Wildman–Crippen LogP) is 2.24. The smallest absolute Gasteiger partial charge is 0.0499 e. The summed E-state index contributed by atoms with van der Waals surface area (Å²) in [4.78, 5) is 0. The number of nitrogens with one attached hydrogen (secondary N) is 1. The summed E-state index contributed by atoms with van der Waals surface area (Å²) in [6.45, 7) is 1.36. The Morgan fingerprint density at radius 2 is 2.07 bits per heavy atom. The summed E-state index contributed by atoms with van der Waals surface area (Å²) >= 11 is 0. The molecule has 1 unspecified atom stereocenters. The zero-order valence-electron chi connectivity index (χ0n) is 9.54. The molecule has 2 heteroatoms. The van der Waals surface area contributed by atoms with Gasteiger partial charge >= 0.3 is 0 Å². The highest BCUT2D eigenvalue weighted by atomic mass is 16.3. The van der Waals surface area contributed by atoms with Gasteiger partial charge in [-0.1, -0.05) is 25.0 Å². The second-order valence-corrected chi connectivity index (χ2v) is 5.21. The first-order valence-electron chi connectivity index (χ1n) is 6.36. The molecule has 0 aromatic carbocycles. The van der Waals surface area contributed by atoms with Crippen molar-refractivity contribution in [2.24, 2.45) is 5.41 Å². The molecule has 15 heavy (non-hydrogen) atoms. The lowest BCUT2D eigenvalue weighted by atomic mass is 9.86. The van der Waals surface area contributed by atoms with Crippen LogP contribution in [-0.4, -0.2) is 24.3 Å². The van der Waals surface area contributed by atoms with Crippen LogP contribution in [0.3, 0.4) is 0 Å². The fourth-order valence-electron chi connectivity index (χ4n) is 2.85. The maximum absolute atomic E-state index is 9.49. The Balaban J connectivity index is 1.80. The van der Waals surface area contributed by atoms with E-state index in [9.17, 15) is 5.11 Å².